The SMILES string of the molecule is CCOC(=O)c1cc(C#N)c(F)c(CCl)c1. The third-order valence-corrected chi connectivity index (χ3v) is 2.21. The highest BCUT2D eigenvalue weighted by Crippen LogP contribution is 2.18. The summed E-state index contributed by atoms with van der Waals surface area (Å²) in [5, 5.41) is 8.69. The number of rotatable bonds is 3. The highest BCUT2D eigenvalue weighted by Gasteiger charge is 2.14. The zero-order valence-corrected chi connectivity index (χ0v) is 9.34. The number of carbonyl (C=O) groups is 1. The third kappa shape index (κ3) is 2.50. The number of carbonyl (C=O) groups excluding carboxylic acids is 1. The molecule has 0 aliphatic heterocycles. The average molecular weight is 242 g/mol. The summed E-state index contributed by atoms with van der Waals surface area (Å²) in [7, 11) is 0. The number of ether oxygens (including phenoxy) is 1. The Morgan fingerprint density at radius 2 is 2.31 bits per heavy atom. The molecule has 1 rings (SSSR count). The van der Waals surface area contributed by atoms with Crippen molar-refractivity contribution in [2.24, 2.45) is 0 Å². The Hall–Kier alpha value is -1.60. The standard InChI is InChI=1S/C11H9ClFNO2/c1-2-16-11(15)7-3-8(5-12)10(13)9(4-7)6-14/h3-4H,2,5H2,1H3. The summed E-state index contributed by atoms with van der Waals surface area (Å²) in [6, 6.07) is 4.11. The largest absolute Gasteiger partial charge is 0.462 e. The highest BCUT2D eigenvalue weighted by molar-refractivity contribution is 6.17. The predicted molar refractivity (Wildman–Crippen MR) is 56.6 cm³/mol. The molecular weight excluding hydrogens is 233 g/mol. The lowest BCUT2D eigenvalue weighted by atomic mass is 10.1. The van der Waals surface area contributed by atoms with E-state index in [1.54, 1.807) is 13.0 Å². The Kier molecular flexibility index (Phi) is 4.27. The number of hydrogen-bond acceptors (Lipinski definition) is 3. The topological polar surface area (TPSA) is 50.1 Å². The van der Waals surface area contributed by atoms with Gasteiger partial charge >= 0.3 is 5.97 Å². The van der Waals surface area contributed by atoms with Crippen LogP contribution in [0.25, 0.3) is 0 Å². The van der Waals surface area contributed by atoms with Crippen molar-refractivity contribution in [2.45, 2.75) is 12.8 Å². The summed E-state index contributed by atoms with van der Waals surface area (Å²) >= 11 is 5.51. The Labute approximate surface area is 97.4 Å². The molecule has 1 aromatic rings. The maximum absolute atomic E-state index is 13.4. The molecule has 0 spiro atoms. The van der Waals surface area contributed by atoms with Crippen LogP contribution in [0.5, 0.6) is 0 Å². The maximum Gasteiger partial charge on any atom is 0.338 e. The predicted octanol–water partition coefficient (Wildman–Crippen LogP) is 2.61. The number of nitrogens with zero attached hydrogens (tertiary/aromatic N) is 1. The van der Waals surface area contributed by atoms with Gasteiger partial charge in [-0.1, -0.05) is 0 Å². The lowest BCUT2D eigenvalue weighted by Crippen LogP contribution is -2.07. The van der Waals surface area contributed by atoms with Gasteiger partial charge in [0.05, 0.1) is 23.6 Å². The van der Waals surface area contributed by atoms with Crippen LogP contribution in [0.4, 0.5) is 4.39 Å². The van der Waals surface area contributed by atoms with Gasteiger partial charge in [0.25, 0.3) is 0 Å². The van der Waals surface area contributed by atoms with Crippen molar-refractivity contribution in [2.75, 3.05) is 6.61 Å². The van der Waals surface area contributed by atoms with Gasteiger partial charge in [0.15, 0.2) is 0 Å². The van der Waals surface area contributed by atoms with Crippen LogP contribution in [0.15, 0.2) is 12.1 Å². The van der Waals surface area contributed by atoms with E-state index >= 15 is 0 Å². The van der Waals surface area contributed by atoms with E-state index in [1.807, 2.05) is 0 Å². The summed E-state index contributed by atoms with van der Waals surface area (Å²) in [5.41, 5.74) is 0.0421. The first-order chi connectivity index (χ1) is 7.63. The fraction of sp³-hybridized carbons (Fsp3) is 0.273. The van der Waals surface area contributed by atoms with Crippen molar-refractivity contribution in [1.82, 2.24) is 0 Å². The minimum Gasteiger partial charge on any atom is -0.462 e. The molecule has 0 fully saturated rings. The molecule has 1 aromatic carbocycles. The van der Waals surface area contributed by atoms with Gasteiger partial charge in [0.2, 0.25) is 0 Å². The molecule has 0 aromatic heterocycles. The van der Waals surface area contributed by atoms with Crippen LogP contribution in [0.2, 0.25) is 0 Å². The van der Waals surface area contributed by atoms with Crippen molar-refractivity contribution in [3.8, 4) is 6.07 Å². The average Bonchev–Trinajstić information content (AvgIpc) is 2.29. The first-order valence-corrected chi connectivity index (χ1v) is 5.13. The molecule has 0 aliphatic rings. The molecule has 0 amide bonds. The minimum absolute atomic E-state index is 0.103. The summed E-state index contributed by atoms with van der Waals surface area (Å²) in [6.45, 7) is 1.88. The van der Waals surface area contributed by atoms with Crippen molar-refractivity contribution < 1.29 is 13.9 Å². The Balaban J connectivity index is 3.23. The highest BCUT2D eigenvalue weighted by atomic mass is 35.5. The van der Waals surface area contributed by atoms with Gasteiger partial charge in [-0.2, -0.15) is 5.26 Å². The number of nitriles is 1. The first kappa shape index (κ1) is 12.5. The number of benzene rings is 1. The van der Waals surface area contributed by atoms with Gasteiger partial charge in [-0.05, 0) is 19.1 Å². The quantitative estimate of drug-likeness (QED) is 0.604. The smallest absolute Gasteiger partial charge is 0.338 e. The molecule has 0 saturated carbocycles. The molecule has 0 saturated heterocycles. The molecule has 5 heteroatoms. The van der Waals surface area contributed by atoms with Crippen LogP contribution in [-0.4, -0.2) is 12.6 Å². The van der Waals surface area contributed by atoms with E-state index in [9.17, 15) is 9.18 Å². The zero-order valence-electron chi connectivity index (χ0n) is 8.59. The number of alkyl halides is 1. The van der Waals surface area contributed by atoms with Crippen LogP contribution in [0.1, 0.15) is 28.4 Å². The van der Waals surface area contributed by atoms with Crippen LogP contribution in [0.3, 0.4) is 0 Å². The molecule has 0 unspecified atom stereocenters. The van der Waals surface area contributed by atoms with Crippen LogP contribution >= 0.6 is 11.6 Å². The van der Waals surface area contributed by atoms with Gasteiger partial charge < -0.3 is 4.74 Å². The number of halogens is 2. The van der Waals surface area contributed by atoms with Gasteiger partial charge in [-0.25, -0.2) is 9.18 Å². The summed E-state index contributed by atoms with van der Waals surface area (Å²) in [4.78, 5) is 11.4. The van der Waals surface area contributed by atoms with Gasteiger partial charge in [-0.3, -0.25) is 0 Å². The fourth-order valence-electron chi connectivity index (χ4n) is 1.20. The van der Waals surface area contributed by atoms with Gasteiger partial charge in [0.1, 0.15) is 11.9 Å². The molecule has 0 heterocycles. The van der Waals surface area contributed by atoms with E-state index in [0.29, 0.717) is 0 Å². The molecule has 3 nitrogen and oxygen atoms in total. The van der Waals surface area contributed by atoms with Crippen molar-refractivity contribution in [3.63, 3.8) is 0 Å². The van der Waals surface area contributed by atoms with E-state index < -0.39 is 11.8 Å². The maximum atomic E-state index is 13.4. The second kappa shape index (κ2) is 5.47. The van der Waals surface area contributed by atoms with Crippen LogP contribution in [0, 0.1) is 17.1 Å². The Bertz CT molecular complexity index is 454. The van der Waals surface area contributed by atoms with E-state index in [0.717, 1.165) is 6.07 Å². The normalized spacial score (nSPS) is 9.62. The molecule has 0 bridgehead atoms. The van der Waals surface area contributed by atoms with Crippen LogP contribution < -0.4 is 0 Å². The zero-order chi connectivity index (χ0) is 12.1. The molecule has 0 radical (unpaired) electrons. The Morgan fingerprint density at radius 3 is 2.81 bits per heavy atom. The summed E-state index contributed by atoms with van der Waals surface area (Å²) in [6.07, 6.45) is 0. The first-order valence-electron chi connectivity index (χ1n) is 4.59. The number of esters is 1. The third-order valence-electron chi connectivity index (χ3n) is 1.92. The Morgan fingerprint density at radius 1 is 1.62 bits per heavy atom. The van der Waals surface area contributed by atoms with Crippen molar-refractivity contribution in [1.29, 1.82) is 5.26 Å². The van der Waals surface area contributed by atoms with Crippen molar-refractivity contribution in [3.05, 3.63) is 34.6 Å². The number of hydrogen-bond donors (Lipinski definition) is 0. The van der Waals surface area contributed by atoms with Crippen molar-refractivity contribution >= 4 is 17.6 Å². The molecule has 0 aliphatic carbocycles. The molecule has 16 heavy (non-hydrogen) atoms. The minimum atomic E-state index is -0.689. The molecule has 84 valence electrons. The summed E-state index contributed by atoms with van der Waals surface area (Å²) in [5.74, 6) is -1.38. The lowest BCUT2D eigenvalue weighted by Gasteiger charge is -2.05. The van der Waals surface area contributed by atoms with Gasteiger partial charge in [0, 0.05) is 5.56 Å². The second-order valence-corrected chi connectivity index (χ2v) is 3.23. The lowest BCUT2D eigenvalue weighted by molar-refractivity contribution is 0.0526. The monoisotopic (exact) mass is 241 g/mol. The molecular formula is C11H9ClFNO2. The molecule has 0 N–H and O–H groups in total. The molecule has 0 atom stereocenters. The van der Waals surface area contributed by atoms with Gasteiger partial charge in [-0.15, -0.1) is 11.6 Å². The fourth-order valence-corrected chi connectivity index (χ4v) is 1.39. The van der Waals surface area contributed by atoms with E-state index in [1.165, 1.54) is 6.07 Å². The van der Waals surface area contributed by atoms with Crippen LogP contribution in [-0.2, 0) is 10.6 Å². The summed E-state index contributed by atoms with van der Waals surface area (Å²) < 4.78 is 18.2. The van der Waals surface area contributed by atoms with E-state index in [-0.39, 0.29) is 29.2 Å². The second-order valence-electron chi connectivity index (χ2n) is 2.96. The van der Waals surface area contributed by atoms with E-state index in [4.69, 9.17) is 21.6 Å². The van der Waals surface area contributed by atoms with E-state index in [2.05, 4.69) is 0 Å².